The van der Waals surface area contributed by atoms with Gasteiger partial charge in [0.2, 0.25) is 0 Å². The molecule has 0 amide bonds. The molecule has 1 heteroatoms. The molecule has 5 aliphatic carbocycles. The number of rotatable bonds is 11. The van der Waals surface area contributed by atoms with Gasteiger partial charge in [-0.15, -0.1) is 6.42 Å². The lowest BCUT2D eigenvalue weighted by Gasteiger charge is -2.37. The minimum atomic E-state index is -0.0422. The number of anilines is 1. The van der Waals surface area contributed by atoms with Gasteiger partial charge in [-0.3, -0.25) is 0 Å². The van der Waals surface area contributed by atoms with Crippen LogP contribution in [0.25, 0.3) is 16.7 Å². The van der Waals surface area contributed by atoms with Crippen LogP contribution in [-0.4, -0.2) is 6.04 Å². The maximum atomic E-state index is 6.42. The lowest BCUT2D eigenvalue weighted by molar-refractivity contribution is 0.660. The van der Waals surface area contributed by atoms with E-state index >= 15 is 0 Å². The Morgan fingerprint density at radius 3 is 2.54 bits per heavy atom. The quantitative estimate of drug-likeness (QED) is 0.177. The Bertz CT molecular complexity index is 2360. The monoisotopic (exact) mass is 745 g/mol. The second kappa shape index (κ2) is 16.6. The van der Waals surface area contributed by atoms with E-state index in [0.717, 1.165) is 32.1 Å². The van der Waals surface area contributed by atoms with Crippen molar-refractivity contribution < 1.29 is 0 Å². The van der Waals surface area contributed by atoms with Gasteiger partial charge < -0.3 is 4.90 Å². The number of allylic oxidation sites excluding steroid dienone is 16. The van der Waals surface area contributed by atoms with Gasteiger partial charge in [0, 0.05) is 28.6 Å². The topological polar surface area (TPSA) is 3.24 Å². The summed E-state index contributed by atoms with van der Waals surface area (Å²) < 4.78 is 0. The van der Waals surface area contributed by atoms with Gasteiger partial charge >= 0.3 is 0 Å². The molecule has 3 atom stereocenters. The third-order valence-corrected chi connectivity index (χ3v) is 13.3. The van der Waals surface area contributed by atoms with Gasteiger partial charge in [-0.2, -0.15) is 0 Å². The maximum Gasteiger partial charge on any atom is 0.0556 e. The zero-order valence-corrected chi connectivity index (χ0v) is 34.8. The van der Waals surface area contributed by atoms with Gasteiger partial charge in [-0.1, -0.05) is 148 Å². The highest BCUT2D eigenvalue weighted by Gasteiger charge is 2.35. The highest BCUT2D eigenvalue weighted by atomic mass is 15.2. The van der Waals surface area contributed by atoms with E-state index in [9.17, 15) is 0 Å². The van der Waals surface area contributed by atoms with E-state index < -0.39 is 0 Å². The Morgan fingerprint density at radius 1 is 0.930 bits per heavy atom. The van der Waals surface area contributed by atoms with Crippen molar-refractivity contribution in [3.8, 4) is 23.5 Å². The maximum absolute atomic E-state index is 6.42. The van der Waals surface area contributed by atoms with E-state index in [0.29, 0.717) is 5.92 Å². The molecule has 0 spiro atoms. The van der Waals surface area contributed by atoms with Crippen molar-refractivity contribution in [2.75, 3.05) is 4.90 Å². The average Bonchev–Trinajstić information content (AvgIpc) is 3.48. The molecule has 3 aromatic rings. The van der Waals surface area contributed by atoms with Gasteiger partial charge in [0.25, 0.3) is 0 Å². The van der Waals surface area contributed by atoms with E-state index in [1.54, 1.807) is 11.1 Å². The van der Waals surface area contributed by atoms with Crippen LogP contribution in [0.1, 0.15) is 121 Å². The normalized spacial score (nSPS) is 21.5. The first kappa shape index (κ1) is 38.5. The summed E-state index contributed by atoms with van der Waals surface area (Å²) >= 11 is 0. The van der Waals surface area contributed by atoms with Crippen LogP contribution < -0.4 is 4.90 Å². The van der Waals surface area contributed by atoms with E-state index in [-0.39, 0.29) is 17.4 Å². The third-order valence-electron chi connectivity index (χ3n) is 13.3. The predicted molar refractivity (Wildman–Crippen MR) is 245 cm³/mol. The first-order valence-electron chi connectivity index (χ1n) is 21.6. The Morgan fingerprint density at radius 2 is 1.77 bits per heavy atom. The van der Waals surface area contributed by atoms with Crippen molar-refractivity contribution >= 4 is 11.3 Å². The first-order valence-corrected chi connectivity index (χ1v) is 21.6. The van der Waals surface area contributed by atoms with Gasteiger partial charge in [-0.25, -0.2) is 0 Å². The summed E-state index contributed by atoms with van der Waals surface area (Å²) in [5, 5.41) is 0. The standard InChI is InChI=1S/C56H59N/c1-7-18-43-19-13-14-24-50(43)52-37-46(28-27-39(52)4)42-29-32-48(33-30-42)57(47-21-11-10-12-22-47)49-23-17-20-44(36-49)40(8-2)35-41(9-3)45-31-34-55-53(38-45)51-25-15-16-26-54(51)56(55,5)6/h2,9-11,14-17,20-21,23-32,34,36,38,40,46,48H,7,12-13,18-19,22,33,35,37H2,1,3-6H3/b41-9+. The molecule has 0 heterocycles. The number of nitrogens with zero attached hydrogens (tertiary/aromatic N) is 1. The molecule has 0 saturated heterocycles. The van der Waals surface area contributed by atoms with E-state index in [4.69, 9.17) is 6.42 Å². The van der Waals surface area contributed by atoms with Crippen LogP contribution in [0.15, 0.2) is 167 Å². The van der Waals surface area contributed by atoms with Crippen LogP contribution in [0.4, 0.5) is 5.69 Å². The minimum absolute atomic E-state index is 0.00159. The molecule has 0 aromatic heterocycles. The van der Waals surface area contributed by atoms with Gasteiger partial charge in [0.15, 0.2) is 0 Å². The Labute approximate surface area is 343 Å². The molecule has 0 saturated carbocycles. The number of hydrogen-bond acceptors (Lipinski definition) is 1. The van der Waals surface area contributed by atoms with Crippen LogP contribution in [0.2, 0.25) is 0 Å². The summed E-state index contributed by atoms with van der Waals surface area (Å²) in [4.78, 5) is 2.58. The number of fused-ring (bicyclic) bond motifs is 3. The highest BCUT2D eigenvalue weighted by Crippen LogP contribution is 2.49. The zero-order chi connectivity index (χ0) is 39.5. The molecule has 3 aromatic carbocycles. The van der Waals surface area contributed by atoms with E-state index in [1.807, 2.05) is 0 Å². The van der Waals surface area contributed by atoms with Gasteiger partial charge in [0.05, 0.1) is 6.04 Å². The summed E-state index contributed by atoms with van der Waals surface area (Å²) in [7, 11) is 0. The SMILES string of the molecule is C#CC(C/C(=C\C)c1ccc2c(c1)-c1ccccc1C2(C)C)c1cccc(N(C2=CC=CCC2)C2C=CC(C3C=CC(C)=C(C4=C(CCC)CCC=C4)C3)=CC2)c1. The number of benzene rings is 3. The molecule has 0 radical (unpaired) electrons. The molecule has 3 unspecified atom stereocenters. The molecule has 288 valence electrons. The predicted octanol–water partition coefficient (Wildman–Crippen LogP) is 14.8. The minimum Gasteiger partial charge on any atom is -0.338 e. The fourth-order valence-electron chi connectivity index (χ4n) is 10.1. The lowest BCUT2D eigenvalue weighted by Crippen LogP contribution is -2.34. The largest absolute Gasteiger partial charge is 0.338 e. The fraction of sp³-hybridized carbons (Fsp3) is 0.321. The van der Waals surface area contributed by atoms with Gasteiger partial charge in [-0.05, 0) is 151 Å². The smallest absolute Gasteiger partial charge is 0.0556 e. The summed E-state index contributed by atoms with van der Waals surface area (Å²) in [6.07, 6.45) is 42.3. The Hall–Kier alpha value is -5.32. The molecule has 8 rings (SSSR count). The molecule has 0 bridgehead atoms. The van der Waals surface area contributed by atoms with Crippen LogP contribution in [-0.2, 0) is 5.41 Å². The highest BCUT2D eigenvalue weighted by molar-refractivity contribution is 5.84. The first-order chi connectivity index (χ1) is 27.8. The van der Waals surface area contributed by atoms with Crippen molar-refractivity contribution in [1.82, 2.24) is 0 Å². The Kier molecular flexibility index (Phi) is 11.3. The lowest BCUT2D eigenvalue weighted by atomic mass is 9.78. The molecule has 0 aliphatic heterocycles. The molecule has 57 heavy (non-hydrogen) atoms. The van der Waals surface area contributed by atoms with Crippen LogP contribution in [0, 0.1) is 18.3 Å². The average molecular weight is 746 g/mol. The number of hydrogen-bond donors (Lipinski definition) is 0. The molecule has 1 nitrogen and oxygen atoms in total. The van der Waals surface area contributed by atoms with Crippen molar-refractivity contribution in [2.24, 2.45) is 5.92 Å². The molecular formula is C56H59N. The fourth-order valence-corrected chi connectivity index (χ4v) is 10.1. The summed E-state index contributed by atoms with van der Waals surface area (Å²) in [5.74, 6) is 3.58. The second-order valence-electron chi connectivity index (χ2n) is 17.2. The van der Waals surface area contributed by atoms with Crippen molar-refractivity contribution in [3.63, 3.8) is 0 Å². The molecule has 0 fully saturated rings. The summed E-state index contributed by atoms with van der Waals surface area (Å²) in [6, 6.07) is 25.3. The molecule has 0 N–H and O–H groups in total. The van der Waals surface area contributed by atoms with Crippen LogP contribution >= 0.6 is 0 Å². The van der Waals surface area contributed by atoms with E-state index in [2.05, 4.69) is 179 Å². The van der Waals surface area contributed by atoms with Crippen LogP contribution in [0.3, 0.4) is 0 Å². The molecule has 5 aliphatic rings. The summed E-state index contributed by atoms with van der Waals surface area (Å²) in [6.45, 7) is 11.5. The van der Waals surface area contributed by atoms with Crippen molar-refractivity contribution in [2.45, 2.75) is 110 Å². The van der Waals surface area contributed by atoms with Gasteiger partial charge in [0.1, 0.15) is 0 Å². The molecular weight excluding hydrogens is 687 g/mol. The van der Waals surface area contributed by atoms with Crippen LogP contribution in [0.5, 0.6) is 0 Å². The second-order valence-corrected chi connectivity index (χ2v) is 17.2. The van der Waals surface area contributed by atoms with Crippen molar-refractivity contribution in [3.05, 3.63) is 189 Å². The Balaban J connectivity index is 1.03. The van der Waals surface area contributed by atoms with Crippen molar-refractivity contribution in [1.29, 1.82) is 0 Å². The zero-order valence-electron chi connectivity index (χ0n) is 34.8. The summed E-state index contributed by atoms with van der Waals surface area (Å²) in [5.41, 5.74) is 19.4. The van der Waals surface area contributed by atoms with E-state index in [1.165, 1.54) is 92.7 Å². The number of terminal acetylenes is 1. The third kappa shape index (κ3) is 7.60.